The average molecular weight is 393 g/mol. The Balaban J connectivity index is 1.38. The van der Waals surface area contributed by atoms with Crippen molar-refractivity contribution in [3.05, 3.63) is 51.8 Å². The van der Waals surface area contributed by atoms with Gasteiger partial charge < -0.3 is 4.90 Å². The van der Waals surface area contributed by atoms with Gasteiger partial charge in [0.15, 0.2) is 0 Å². The van der Waals surface area contributed by atoms with Gasteiger partial charge in [-0.25, -0.2) is 4.79 Å². The SMILES string of the molecule is Cc1cnn(C(=O)N2CC[C@@]3(CCN(Cc4ccc(Cl)c(Cl)c4)C3)C2)c1. The Morgan fingerprint density at radius 1 is 1.19 bits per heavy atom. The molecule has 0 N–H and O–H groups in total. The Kier molecular flexibility index (Phi) is 4.71. The maximum Gasteiger partial charge on any atom is 0.344 e. The number of aromatic nitrogens is 2. The minimum absolute atomic E-state index is 0.0158. The Labute approximate surface area is 163 Å². The van der Waals surface area contributed by atoms with Crippen LogP contribution in [0.5, 0.6) is 0 Å². The van der Waals surface area contributed by atoms with Gasteiger partial charge in [-0.05, 0) is 49.6 Å². The number of hydrogen-bond donors (Lipinski definition) is 0. The van der Waals surface area contributed by atoms with Crippen molar-refractivity contribution in [3.63, 3.8) is 0 Å². The van der Waals surface area contributed by atoms with Crippen molar-refractivity contribution in [2.45, 2.75) is 26.3 Å². The van der Waals surface area contributed by atoms with Gasteiger partial charge in [0.2, 0.25) is 0 Å². The molecule has 3 heterocycles. The highest BCUT2D eigenvalue weighted by atomic mass is 35.5. The van der Waals surface area contributed by atoms with Crippen LogP contribution in [0.1, 0.15) is 24.0 Å². The van der Waals surface area contributed by atoms with E-state index in [0.717, 1.165) is 51.1 Å². The van der Waals surface area contributed by atoms with Crippen molar-refractivity contribution in [2.24, 2.45) is 5.41 Å². The summed E-state index contributed by atoms with van der Waals surface area (Å²) in [7, 11) is 0. The van der Waals surface area contributed by atoms with Crippen LogP contribution >= 0.6 is 23.2 Å². The van der Waals surface area contributed by atoms with Crippen molar-refractivity contribution in [2.75, 3.05) is 26.2 Å². The second-order valence-corrected chi connectivity index (χ2v) is 8.44. The van der Waals surface area contributed by atoms with Crippen LogP contribution in [-0.2, 0) is 6.54 Å². The summed E-state index contributed by atoms with van der Waals surface area (Å²) >= 11 is 12.1. The maximum absolute atomic E-state index is 12.6. The standard InChI is InChI=1S/C19H22Cl2N4O/c1-14-9-22-25(10-14)18(26)24-7-5-19(13-24)4-6-23(12-19)11-15-2-3-16(20)17(21)8-15/h2-3,8-10H,4-7,11-13H2,1H3/t19-/m1/s1. The van der Waals surface area contributed by atoms with Crippen LogP contribution in [-0.4, -0.2) is 51.8 Å². The summed E-state index contributed by atoms with van der Waals surface area (Å²) < 4.78 is 1.46. The molecule has 2 aliphatic rings. The van der Waals surface area contributed by atoms with E-state index in [1.165, 1.54) is 10.2 Å². The van der Waals surface area contributed by atoms with Gasteiger partial charge in [-0.15, -0.1) is 0 Å². The topological polar surface area (TPSA) is 41.4 Å². The third kappa shape index (κ3) is 3.48. The van der Waals surface area contributed by atoms with E-state index >= 15 is 0 Å². The Hall–Kier alpha value is -1.56. The van der Waals surface area contributed by atoms with Gasteiger partial charge in [-0.1, -0.05) is 29.3 Å². The molecule has 2 aromatic rings. The van der Waals surface area contributed by atoms with Crippen molar-refractivity contribution in [3.8, 4) is 0 Å². The largest absolute Gasteiger partial charge is 0.344 e. The van der Waals surface area contributed by atoms with E-state index < -0.39 is 0 Å². The average Bonchev–Trinajstić information content (AvgIpc) is 3.32. The molecule has 26 heavy (non-hydrogen) atoms. The molecule has 0 saturated carbocycles. The highest BCUT2D eigenvalue weighted by Crippen LogP contribution is 2.40. The van der Waals surface area contributed by atoms with Gasteiger partial charge in [-0.3, -0.25) is 4.90 Å². The molecule has 0 unspecified atom stereocenters. The number of nitrogens with zero attached hydrogens (tertiary/aromatic N) is 4. The van der Waals surface area contributed by atoms with Crippen LogP contribution in [0.15, 0.2) is 30.6 Å². The van der Waals surface area contributed by atoms with Gasteiger partial charge in [-0.2, -0.15) is 9.78 Å². The molecule has 5 nitrogen and oxygen atoms in total. The molecule has 2 aliphatic heterocycles. The van der Waals surface area contributed by atoms with Gasteiger partial charge in [0, 0.05) is 37.8 Å². The first kappa shape index (κ1) is 17.8. The quantitative estimate of drug-likeness (QED) is 0.773. The second kappa shape index (κ2) is 6.87. The predicted molar refractivity (Wildman–Crippen MR) is 103 cm³/mol. The molecule has 0 bridgehead atoms. The number of likely N-dealkylation sites (tertiary alicyclic amines) is 2. The van der Waals surface area contributed by atoms with E-state index in [-0.39, 0.29) is 11.4 Å². The Morgan fingerprint density at radius 3 is 2.73 bits per heavy atom. The Morgan fingerprint density at radius 2 is 2.00 bits per heavy atom. The van der Waals surface area contributed by atoms with E-state index in [2.05, 4.69) is 10.00 Å². The lowest BCUT2D eigenvalue weighted by Crippen LogP contribution is -2.36. The molecule has 1 aromatic heterocycles. The predicted octanol–water partition coefficient (Wildman–Crippen LogP) is 4.06. The zero-order chi connectivity index (χ0) is 18.3. The number of aryl methyl sites for hydroxylation is 1. The fraction of sp³-hybridized carbons (Fsp3) is 0.474. The van der Waals surface area contributed by atoms with Crippen LogP contribution in [0.25, 0.3) is 0 Å². The molecule has 0 radical (unpaired) electrons. The number of carbonyl (C=O) groups is 1. The third-order valence-electron chi connectivity index (χ3n) is 5.52. The summed E-state index contributed by atoms with van der Waals surface area (Å²) in [6, 6.07) is 5.81. The van der Waals surface area contributed by atoms with Gasteiger partial charge in [0.25, 0.3) is 0 Å². The normalized spacial score (nSPS) is 23.3. The van der Waals surface area contributed by atoms with E-state index in [1.54, 1.807) is 12.4 Å². The summed E-state index contributed by atoms with van der Waals surface area (Å²) in [6.07, 6.45) is 5.68. The molecule has 1 atom stereocenters. The molecule has 7 heteroatoms. The molecule has 2 fully saturated rings. The van der Waals surface area contributed by atoms with Crippen molar-refractivity contribution >= 4 is 29.2 Å². The first-order valence-electron chi connectivity index (χ1n) is 8.91. The van der Waals surface area contributed by atoms with Crippen LogP contribution in [0, 0.1) is 12.3 Å². The van der Waals surface area contributed by atoms with Crippen molar-refractivity contribution in [1.29, 1.82) is 0 Å². The highest BCUT2D eigenvalue weighted by Gasteiger charge is 2.44. The molecule has 138 valence electrons. The van der Waals surface area contributed by atoms with Gasteiger partial charge >= 0.3 is 6.03 Å². The molecule has 1 spiro atoms. The second-order valence-electron chi connectivity index (χ2n) is 7.63. The number of halogens is 2. The number of carbonyl (C=O) groups excluding carboxylic acids is 1. The van der Waals surface area contributed by atoms with Gasteiger partial charge in [0.1, 0.15) is 0 Å². The lowest BCUT2D eigenvalue weighted by atomic mass is 9.86. The summed E-state index contributed by atoms with van der Waals surface area (Å²) in [6.45, 7) is 6.48. The van der Waals surface area contributed by atoms with Crippen LogP contribution < -0.4 is 0 Å². The molecule has 2 saturated heterocycles. The van der Waals surface area contributed by atoms with E-state index in [9.17, 15) is 4.79 Å². The van der Waals surface area contributed by atoms with Crippen LogP contribution in [0.3, 0.4) is 0 Å². The van der Waals surface area contributed by atoms with Crippen LogP contribution in [0.2, 0.25) is 10.0 Å². The molecular weight excluding hydrogens is 371 g/mol. The summed E-state index contributed by atoms with van der Waals surface area (Å²) in [5.74, 6) is 0. The van der Waals surface area contributed by atoms with E-state index in [4.69, 9.17) is 23.2 Å². The van der Waals surface area contributed by atoms with Crippen LogP contribution in [0.4, 0.5) is 4.79 Å². The molecule has 1 aromatic carbocycles. The number of rotatable bonds is 2. The monoisotopic (exact) mass is 392 g/mol. The number of amides is 1. The number of hydrogen-bond acceptors (Lipinski definition) is 3. The molecule has 1 amide bonds. The lowest BCUT2D eigenvalue weighted by molar-refractivity contribution is 0.196. The van der Waals surface area contributed by atoms with Crippen molar-refractivity contribution < 1.29 is 4.79 Å². The highest BCUT2D eigenvalue weighted by molar-refractivity contribution is 6.42. The number of benzene rings is 1. The molecule has 0 aliphatic carbocycles. The minimum Gasteiger partial charge on any atom is -0.322 e. The zero-order valence-corrected chi connectivity index (χ0v) is 16.3. The third-order valence-corrected chi connectivity index (χ3v) is 6.26. The van der Waals surface area contributed by atoms with E-state index in [1.807, 2.05) is 30.0 Å². The maximum atomic E-state index is 12.6. The summed E-state index contributed by atoms with van der Waals surface area (Å²) in [5, 5.41) is 5.35. The zero-order valence-electron chi connectivity index (χ0n) is 14.8. The Bertz CT molecular complexity index is 837. The molecule has 4 rings (SSSR count). The fourth-order valence-corrected chi connectivity index (χ4v) is 4.47. The first-order valence-corrected chi connectivity index (χ1v) is 9.67. The summed E-state index contributed by atoms with van der Waals surface area (Å²) in [4.78, 5) is 17.0. The van der Waals surface area contributed by atoms with Crippen molar-refractivity contribution in [1.82, 2.24) is 19.6 Å². The van der Waals surface area contributed by atoms with Gasteiger partial charge in [0.05, 0.1) is 16.2 Å². The summed E-state index contributed by atoms with van der Waals surface area (Å²) in [5.41, 5.74) is 2.38. The fourth-order valence-electron chi connectivity index (χ4n) is 4.15. The first-order chi connectivity index (χ1) is 12.4. The molecular formula is C19H22Cl2N4O. The minimum atomic E-state index is -0.0158. The smallest absolute Gasteiger partial charge is 0.322 e. The van der Waals surface area contributed by atoms with E-state index in [0.29, 0.717) is 10.0 Å². The lowest BCUT2D eigenvalue weighted by Gasteiger charge is -2.24.